The minimum Gasteiger partial charge on any atom is -0.486 e. The molecule has 3 aromatic carbocycles. The number of anilines is 1. The maximum atomic E-state index is 12.9. The zero-order valence-corrected chi connectivity index (χ0v) is 18.9. The smallest absolute Gasteiger partial charge is 0.333 e. The first-order valence-electron chi connectivity index (χ1n) is 10.6. The molecule has 0 fully saturated rings. The van der Waals surface area contributed by atoms with Crippen molar-refractivity contribution in [2.24, 2.45) is 0 Å². The van der Waals surface area contributed by atoms with E-state index in [9.17, 15) is 4.79 Å². The molecule has 0 spiro atoms. The van der Waals surface area contributed by atoms with Gasteiger partial charge in [-0.05, 0) is 51.6 Å². The van der Waals surface area contributed by atoms with E-state index in [1.807, 2.05) is 101 Å². The van der Waals surface area contributed by atoms with Crippen LogP contribution < -0.4 is 10.1 Å². The van der Waals surface area contributed by atoms with Gasteiger partial charge in [0.1, 0.15) is 18.2 Å². The summed E-state index contributed by atoms with van der Waals surface area (Å²) in [5.41, 5.74) is 2.29. The Balaban J connectivity index is 1.97. The molecule has 4 heteroatoms. The zero-order valence-electron chi connectivity index (χ0n) is 18.9. The van der Waals surface area contributed by atoms with Gasteiger partial charge >= 0.3 is 5.97 Å². The van der Waals surface area contributed by atoms with Crippen molar-refractivity contribution in [3.05, 3.63) is 83.9 Å². The van der Waals surface area contributed by atoms with Crippen molar-refractivity contribution in [3.63, 3.8) is 0 Å². The molecule has 0 radical (unpaired) electrons. The Kier molecular flexibility index (Phi) is 7.01. The molecule has 0 amide bonds. The summed E-state index contributed by atoms with van der Waals surface area (Å²) in [7, 11) is 0. The normalized spacial score (nSPS) is 12.2. The van der Waals surface area contributed by atoms with E-state index < -0.39 is 11.6 Å². The van der Waals surface area contributed by atoms with E-state index >= 15 is 0 Å². The molecule has 0 aliphatic carbocycles. The summed E-state index contributed by atoms with van der Waals surface area (Å²) < 4.78 is 11.9. The van der Waals surface area contributed by atoms with Gasteiger partial charge < -0.3 is 14.8 Å². The van der Waals surface area contributed by atoms with Crippen LogP contribution in [0.25, 0.3) is 10.8 Å². The first kappa shape index (κ1) is 22.4. The molecule has 4 nitrogen and oxygen atoms in total. The van der Waals surface area contributed by atoms with Crippen LogP contribution in [0.4, 0.5) is 5.69 Å². The van der Waals surface area contributed by atoms with Crippen LogP contribution in [0.3, 0.4) is 0 Å². The fourth-order valence-electron chi connectivity index (χ4n) is 3.28. The number of ether oxygens (including phenoxy) is 2. The van der Waals surface area contributed by atoms with Gasteiger partial charge in [-0.25, -0.2) is 4.79 Å². The lowest BCUT2D eigenvalue weighted by Crippen LogP contribution is -2.35. The van der Waals surface area contributed by atoms with E-state index in [2.05, 4.69) is 11.4 Å². The van der Waals surface area contributed by atoms with Crippen LogP contribution >= 0.6 is 0 Å². The van der Waals surface area contributed by atoms with Crippen molar-refractivity contribution in [2.75, 3.05) is 5.32 Å². The molecular weight excluding hydrogens is 386 g/mol. The minimum atomic E-state index is -0.621. The Morgan fingerprint density at radius 3 is 2.32 bits per heavy atom. The van der Waals surface area contributed by atoms with Crippen LogP contribution in [0.15, 0.2) is 78.4 Å². The third-order valence-electron chi connectivity index (χ3n) is 4.58. The number of nitrogens with one attached hydrogen (secondary N) is 1. The summed E-state index contributed by atoms with van der Waals surface area (Å²) in [6.45, 7) is 9.97. The van der Waals surface area contributed by atoms with Crippen molar-refractivity contribution >= 4 is 22.4 Å². The lowest BCUT2D eigenvalue weighted by molar-refractivity contribution is -0.154. The number of allylic oxidation sites excluding steroid dienone is 1. The monoisotopic (exact) mass is 417 g/mol. The largest absolute Gasteiger partial charge is 0.486 e. The molecule has 1 atom stereocenters. The predicted molar refractivity (Wildman–Crippen MR) is 127 cm³/mol. The van der Waals surface area contributed by atoms with Gasteiger partial charge in [0.15, 0.2) is 5.75 Å². The fraction of sp³-hybridized carbons (Fsp3) is 0.296. The van der Waals surface area contributed by atoms with Crippen LogP contribution in [0.1, 0.15) is 40.2 Å². The first-order valence-corrected chi connectivity index (χ1v) is 10.6. The summed E-state index contributed by atoms with van der Waals surface area (Å²) in [6.07, 6.45) is 1.88. The van der Waals surface area contributed by atoms with Crippen molar-refractivity contribution in [1.29, 1.82) is 0 Å². The quantitative estimate of drug-likeness (QED) is 0.352. The summed E-state index contributed by atoms with van der Waals surface area (Å²) >= 11 is 0. The second-order valence-electron chi connectivity index (χ2n) is 8.84. The van der Waals surface area contributed by atoms with E-state index in [1.165, 1.54) is 0 Å². The Bertz CT molecular complexity index is 1060. The topological polar surface area (TPSA) is 47.6 Å². The highest BCUT2D eigenvalue weighted by atomic mass is 16.6. The number of esters is 1. The van der Waals surface area contributed by atoms with Crippen LogP contribution in [0.5, 0.6) is 5.75 Å². The van der Waals surface area contributed by atoms with E-state index in [-0.39, 0.29) is 5.97 Å². The van der Waals surface area contributed by atoms with Gasteiger partial charge in [-0.3, -0.25) is 0 Å². The Morgan fingerprint density at radius 1 is 0.968 bits per heavy atom. The van der Waals surface area contributed by atoms with Crippen LogP contribution in [-0.4, -0.2) is 17.6 Å². The maximum absolute atomic E-state index is 12.9. The van der Waals surface area contributed by atoms with Gasteiger partial charge in [0.25, 0.3) is 0 Å². The van der Waals surface area contributed by atoms with Crippen molar-refractivity contribution in [2.45, 2.75) is 52.9 Å². The average molecular weight is 418 g/mol. The van der Waals surface area contributed by atoms with Crippen LogP contribution in [0.2, 0.25) is 0 Å². The number of fused-ring (bicyclic) bond motifs is 1. The fourth-order valence-corrected chi connectivity index (χ4v) is 3.28. The van der Waals surface area contributed by atoms with Crippen molar-refractivity contribution < 1.29 is 14.3 Å². The Morgan fingerprint density at radius 2 is 1.65 bits per heavy atom. The SMILES string of the molecule is CC(C)=CC(Nc1ccc2ccccc2c1OCc1ccccc1)C(=O)OC(C)(C)C. The standard InChI is InChI=1S/C27H31NO3/c1-19(2)17-24(26(29)31-27(3,4)5)28-23-16-15-21-13-9-10-14-22(21)25(23)30-18-20-11-7-6-8-12-20/h6-17,24,28H,18H2,1-5H3. The molecular formula is C27H31NO3. The van der Waals surface area contributed by atoms with Crippen molar-refractivity contribution in [1.82, 2.24) is 0 Å². The Hall–Kier alpha value is -3.27. The van der Waals surface area contributed by atoms with Crippen LogP contribution in [0, 0.1) is 0 Å². The van der Waals surface area contributed by atoms with Gasteiger partial charge in [-0.2, -0.15) is 0 Å². The molecule has 3 aromatic rings. The molecule has 0 aliphatic heterocycles. The second kappa shape index (κ2) is 9.69. The summed E-state index contributed by atoms with van der Waals surface area (Å²) in [5, 5.41) is 5.42. The number of rotatable bonds is 7. The maximum Gasteiger partial charge on any atom is 0.333 e. The first-order chi connectivity index (χ1) is 14.7. The molecule has 162 valence electrons. The highest BCUT2D eigenvalue weighted by molar-refractivity contribution is 5.94. The molecule has 3 rings (SSSR count). The molecule has 0 heterocycles. The predicted octanol–water partition coefficient (Wildman–Crippen LogP) is 6.51. The highest BCUT2D eigenvalue weighted by Gasteiger charge is 2.25. The molecule has 0 bridgehead atoms. The molecule has 1 N–H and O–H groups in total. The minimum absolute atomic E-state index is 0.323. The number of carbonyl (C=O) groups excluding carboxylic acids is 1. The van der Waals surface area contributed by atoms with Gasteiger partial charge in [-0.1, -0.05) is 72.3 Å². The molecule has 0 aromatic heterocycles. The number of hydrogen-bond acceptors (Lipinski definition) is 4. The van der Waals surface area contributed by atoms with Gasteiger partial charge in [0.2, 0.25) is 0 Å². The average Bonchev–Trinajstić information content (AvgIpc) is 2.71. The molecule has 1 unspecified atom stereocenters. The van der Waals surface area contributed by atoms with Gasteiger partial charge in [-0.15, -0.1) is 0 Å². The summed E-state index contributed by atoms with van der Waals surface area (Å²) in [6, 6.07) is 21.5. The van der Waals surface area contributed by atoms with E-state index in [0.29, 0.717) is 6.61 Å². The third kappa shape index (κ3) is 6.35. The molecule has 0 aliphatic rings. The summed E-state index contributed by atoms with van der Waals surface area (Å²) in [4.78, 5) is 12.9. The lowest BCUT2D eigenvalue weighted by atomic mass is 10.1. The van der Waals surface area contributed by atoms with Gasteiger partial charge in [0, 0.05) is 5.39 Å². The Labute approximate surface area is 184 Å². The number of benzene rings is 3. The third-order valence-corrected chi connectivity index (χ3v) is 4.58. The van der Waals surface area contributed by atoms with Crippen LogP contribution in [-0.2, 0) is 16.1 Å². The number of hydrogen-bond donors (Lipinski definition) is 1. The highest BCUT2D eigenvalue weighted by Crippen LogP contribution is 2.35. The van der Waals surface area contributed by atoms with E-state index in [0.717, 1.165) is 33.3 Å². The number of carbonyl (C=O) groups is 1. The summed E-state index contributed by atoms with van der Waals surface area (Å²) in [5.74, 6) is 0.397. The van der Waals surface area contributed by atoms with Crippen molar-refractivity contribution in [3.8, 4) is 5.75 Å². The lowest BCUT2D eigenvalue weighted by Gasteiger charge is -2.25. The second-order valence-corrected chi connectivity index (χ2v) is 8.84. The van der Waals surface area contributed by atoms with E-state index in [1.54, 1.807) is 0 Å². The molecule has 31 heavy (non-hydrogen) atoms. The molecule has 0 saturated carbocycles. The van der Waals surface area contributed by atoms with Gasteiger partial charge in [0.05, 0.1) is 5.69 Å². The molecule has 0 saturated heterocycles. The van der Waals surface area contributed by atoms with E-state index in [4.69, 9.17) is 9.47 Å². The zero-order chi connectivity index (χ0) is 22.4.